The van der Waals surface area contributed by atoms with Crippen molar-refractivity contribution in [3.63, 3.8) is 0 Å². The second kappa shape index (κ2) is 2.01. The predicted octanol–water partition coefficient (Wildman–Crippen LogP) is 1.14. The molecule has 0 aromatic carbocycles. The Balaban J connectivity index is 2.16. The molecule has 1 fully saturated rings. The molecule has 50 valence electrons. The molecular weight excluding hydrogens is 112 g/mol. The van der Waals surface area contributed by atoms with Crippen LogP contribution < -0.4 is 5.43 Å². The van der Waals surface area contributed by atoms with Crippen molar-refractivity contribution in [2.45, 2.75) is 25.7 Å². The first-order chi connectivity index (χ1) is 4.47. The van der Waals surface area contributed by atoms with E-state index in [0.717, 1.165) is 12.5 Å². The Kier molecular flexibility index (Phi) is 1.18. The number of hydrogen-bond acceptors (Lipinski definition) is 2. The molecular formula is C7H12N2. The fourth-order valence-corrected chi connectivity index (χ4v) is 1.75. The molecule has 9 heavy (non-hydrogen) atoms. The third-order valence-electron chi connectivity index (χ3n) is 2.28. The van der Waals surface area contributed by atoms with Crippen LogP contribution in [0.2, 0.25) is 0 Å². The molecule has 0 radical (unpaired) electrons. The molecule has 1 N–H and O–H groups in total. The van der Waals surface area contributed by atoms with E-state index in [2.05, 4.69) is 10.5 Å². The molecule has 0 aromatic heterocycles. The van der Waals surface area contributed by atoms with E-state index in [4.69, 9.17) is 0 Å². The van der Waals surface area contributed by atoms with Gasteiger partial charge in [0.15, 0.2) is 0 Å². The van der Waals surface area contributed by atoms with Gasteiger partial charge in [-0.3, -0.25) is 0 Å². The summed E-state index contributed by atoms with van der Waals surface area (Å²) >= 11 is 0. The van der Waals surface area contributed by atoms with Crippen molar-refractivity contribution in [2.24, 2.45) is 11.0 Å². The van der Waals surface area contributed by atoms with Gasteiger partial charge in [-0.05, 0) is 25.7 Å². The van der Waals surface area contributed by atoms with Gasteiger partial charge in [0.2, 0.25) is 0 Å². The summed E-state index contributed by atoms with van der Waals surface area (Å²) in [5, 5.41) is 4.26. The minimum absolute atomic E-state index is 0.853. The first-order valence-corrected chi connectivity index (χ1v) is 3.76. The van der Waals surface area contributed by atoms with Gasteiger partial charge in [-0.15, -0.1) is 0 Å². The predicted molar refractivity (Wildman–Crippen MR) is 37.4 cm³/mol. The van der Waals surface area contributed by atoms with Crippen LogP contribution in [-0.2, 0) is 0 Å². The van der Waals surface area contributed by atoms with Crippen molar-refractivity contribution in [3.8, 4) is 0 Å². The van der Waals surface area contributed by atoms with Gasteiger partial charge in [-0.2, -0.15) is 5.10 Å². The number of hydrazone groups is 1. The summed E-state index contributed by atoms with van der Waals surface area (Å²) in [6.07, 6.45) is 5.32. The highest BCUT2D eigenvalue weighted by molar-refractivity contribution is 5.88. The monoisotopic (exact) mass is 124 g/mol. The van der Waals surface area contributed by atoms with Crippen LogP contribution in [0.25, 0.3) is 0 Å². The average Bonchev–Trinajstić information content (AvgIpc) is 2.33. The first kappa shape index (κ1) is 5.27. The Labute approximate surface area is 55.3 Å². The zero-order chi connectivity index (χ0) is 6.10. The topological polar surface area (TPSA) is 24.4 Å². The summed E-state index contributed by atoms with van der Waals surface area (Å²) in [4.78, 5) is 0. The highest BCUT2D eigenvalue weighted by atomic mass is 15.3. The van der Waals surface area contributed by atoms with Crippen molar-refractivity contribution in [1.82, 2.24) is 5.43 Å². The zero-order valence-electron chi connectivity index (χ0n) is 5.56. The highest BCUT2D eigenvalue weighted by Gasteiger charge is 2.23. The van der Waals surface area contributed by atoms with Crippen molar-refractivity contribution in [3.05, 3.63) is 0 Å². The first-order valence-electron chi connectivity index (χ1n) is 3.76. The minimum Gasteiger partial charge on any atom is -0.310 e. The third-order valence-corrected chi connectivity index (χ3v) is 2.28. The van der Waals surface area contributed by atoms with Crippen LogP contribution in [0.5, 0.6) is 0 Å². The molecule has 1 saturated carbocycles. The highest BCUT2D eigenvalue weighted by Crippen LogP contribution is 2.26. The average molecular weight is 124 g/mol. The maximum Gasteiger partial charge on any atom is 0.0409 e. The molecule has 2 heteroatoms. The van der Waals surface area contributed by atoms with Gasteiger partial charge in [-0.25, -0.2) is 0 Å². The van der Waals surface area contributed by atoms with Crippen molar-refractivity contribution < 1.29 is 0 Å². The van der Waals surface area contributed by atoms with E-state index in [1.54, 1.807) is 0 Å². The Bertz CT molecular complexity index is 140. The van der Waals surface area contributed by atoms with Crippen LogP contribution in [0.3, 0.4) is 0 Å². The van der Waals surface area contributed by atoms with Gasteiger partial charge in [0.25, 0.3) is 0 Å². The number of nitrogens with zero attached hydrogens (tertiary/aromatic N) is 1. The standard InChI is InChI=1S/C7H12N2/c1-2-6-4-5-8-9-7(6)3-1/h6,8H,1-5H2. The Morgan fingerprint density at radius 3 is 3.33 bits per heavy atom. The molecule has 1 atom stereocenters. The van der Waals surface area contributed by atoms with Crippen LogP contribution in [-0.4, -0.2) is 12.3 Å². The van der Waals surface area contributed by atoms with Gasteiger partial charge < -0.3 is 5.43 Å². The molecule has 0 bridgehead atoms. The second-order valence-electron chi connectivity index (χ2n) is 2.89. The Morgan fingerprint density at radius 2 is 2.44 bits per heavy atom. The maximum absolute atomic E-state index is 4.26. The number of nitrogens with one attached hydrogen (secondary N) is 1. The number of hydrogen-bond donors (Lipinski definition) is 1. The molecule has 2 rings (SSSR count). The lowest BCUT2D eigenvalue weighted by molar-refractivity contribution is 0.539. The smallest absolute Gasteiger partial charge is 0.0409 e. The number of rotatable bonds is 0. The van der Waals surface area contributed by atoms with Crippen LogP contribution in [0.1, 0.15) is 25.7 Å². The lowest BCUT2D eigenvalue weighted by Gasteiger charge is -2.15. The van der Waals surface area contributed by atoms with E-state index in [1.807, 2.05) is 0 Å². The summed E-state index contributed by atoms with van der Waals surface area (Å²) < 4.78 is 0. The third kappa shape index (κ3) is 0.824. The normalized spacial score (nSPS) is 32.9. The Morgan fingerprint density at radius 1 is 1.44 bits per heavy atom. The molecule has 1 unspecified atom stereocenters. The van der Waals surface area contributed by atoms with Crippen LogP contribution in [0.15, 0.2) is 5.10 Å². The van der Waals surface area contributed by atoms with E-state index in [0.29, 0.717) is 0 Å². The van der Waals surface area contributed by atoms with E-state index in [1.165, 1.54) is 31.4 Å². The van der Waals surface area contributed by atoms with E-state index < -0.39 is 0 Å². The van der Waals surface area contributed by atoms with Crippen molar-refractivity contribution >= 4 is 5.71 Å². The molecule has 0 amide bonds. The van der Waals surface area contributed by atoms with Crippen LogP contribution in [0.4, 0.5) is 0 Å². The summed E-state index contributed by atoms with van der Waals surface area (Å²) in [6, 6.07) is 0. The van der Waals surface area contributed by atoms with E-state index in [-0.39, 0.29) is 0 Å². The minimum atomic E-state index is 0.853. The van der Waals surface area contributed by atoms with Gasteiger partial charge in [0.05, 0.1) is 0 Å². The summed E-state index contributed by atoms with van der Waals surface area (Å²) in [5.74, 6) is 0.853. The molecule has 0 aromatic rings. The quantitative estimate of drug-likeness (QED) is 0.514. The molecule has 0 spiro atoms. The summed E-state index contributed by atoms with van der Waals surface area (Å²) in [5.41, 5.74) is 4.48. The summed E-state index contributed by atoms with van der Waals surface area (Å²) in [6.45, 7) is 1.09. The van der Waals surface area contributed by atoms with Crippen LogP contribution in [0, 0.1) is 5.92 Å². The van der Waals surface area contributed by atoms with Gasteiger partial charge in [0, 0.05) is 18.2 Å². The summed E-state index contributed by atoms with van der Waals surface area (Å²) in [7, 11) is 0. The molecule has 1 aliphatic carbocycles. The molecule has 1 heterocycles. The van der Waals surface area contributed by atoms with E-state index >= 15 is 0 Å². The van der Waals surface area contributed by atoms with Gasteiger partial charge in [0.1, 0.15) is 0 Å². The molecule has 0 saturated heterocycles. The fraction of sp³-hybridized carbons (Fsp3) is 0.857. The number of fused-ring (bicyclic) bond motifs is 1. The van der Waals surface area contributed by atoms with E-state index in [9.17, 15) is 0 Å². The lowest BCUT2D eigenvalue weighted by Crippen LogP contribution is -2.24. The van der Waals surface area contributed by atoms with Crippen LogP contribution >= 0.6 is 0 Å². The van der Waals surface area contributed by atoms with Gasteiger partial charge >= 0.3 is 0 Å². The molecule has 2 aliphatic rings. The molecule has 2 nitrogen and oxygen atoms in total. The molecule has 1 aliphatic heterocycles. The second-order valence-corrected chi connectivity index (χ2v) is 2.89. The van der Waals surface area contributed by atoms with Gasteiger partial charge in [-0.1, -0.05) is 0 Å². The van der Waals surface area contributed by atoms with Crippen molar-refractivity contribution in [1.29, 1.82) is 0 Å². The van der Waals surface area contributed by atoms with Crippen molar-refractivity contribution in [2.75, 3.05) is 6.54 Å². The lowest BCUT2D eigenvalue weighted by atomic mass is 10.0. The fourth-order valence-electron chi connectivity index (χ4n) is 1.75. The maximum atomic E-state index is 4.26. The SMILES string of the molecule is C1CC2=NNCCC2C1. The largest absolute Gasteiger partial charge is 0.310 e. The Hall–Kier alpha value is -0.530. The zero-order valence-corrected chi connectivity index (χ0v) is 5.56.